The normalized spacial score (nSPS) is 13.4. The van der Waals surface area contributed by atoms with Crippen LogP contribution in [0, 0.1) is 10.1 Å². The predicted molar refractivity (Wildman–Crippen MR) is 207 cm³/mol. The van der Waals surface area contributed by atoms with Crippen LogP contribution in [0.2, 0.25) is 0 Å². The number of nitro groups is 1. The Morgan fingerprint density at radius 1 is 0.759 bits per heavy atom. The van der Waals surface area contributed by atoms with Crippen LogP contribution in [0.3, 0.4) is 0 Å². The van der Waals surface area contributed by atoms with Gasteiger partial charge in [-0.05, 0) is 74.9 Å². The summed E-state index contributed by atoms with van der Waals surface area (Å²) in [6, 6.07) is -0.0376. The molecule has 2 rings (SSSR count). The van der Waals surface area contributed by atoms with Crippen molar-refractivity contribution in [1.29, 1.82) is 0 Å². The van der Waals surface area contributed by atoms with E-state index in [-0.39, 0.29) is 31.2 Å². The number of unbranched alkanes of at least 4 members (excludes halogenated alkanes) is 2. The van der Waals surface area contributed by atoms with Crippen molar-refractivity contribution in [3.8, 4) is 5.75 Å². The zero-order chi connectivity index (χ0) is 43.2. The topological polar surface area (TPSA) is 366 Å². The van der Waals surface area contributed by atoms with E-state index in [0.29, 0.717) is 44.3 Å². The predicted octanol–water partition coefficient (Wildman–Crippen LogP) is -3.22. The number of carbonyl (C=O) groups excluding carboxylic acids is 7. The number of aliphatic hydroxyl groups is 1. The number of aromatic nitrogens is 1. The highest BCUT2D eigenvalue weighted by molar-refractivity contribution is 5.96. The first-order chi connectivity index (χ1) is 27.6. The number of phenolic OH excluding ortho intramolecular Hbond substituents is 1. The third-order valence-corrected chi connectivity index (χ3v) is 8.61. The van der Waals surface area contributed by atoms with E-state index in [2.05, 4.69) is 36.9 Å². The average molecular weight is 816 g/mol. The van der Waals surface area contributed by atoms with E-state index in [0.717, 1.165) is 19.1 Å². The number of benzene rings is 1. The molecule has 318 valence electrons. The number of nitro benzene ring substituents is 1. The Kier molecular flexibility index (Phi) is 20.7. The Hall–Kier alpha value is -6.26. The lowest BCUT2D eigenvalue weighted by atomic mass is 10.0. The number of aliphatic hydroxyl groups excluding tert-OH is 1. The molecule has 0 aliphatic carbocycles. The van der Waals surface area contributed by atoms with Crippen LogP contribution in [0.1, 0.15) is 56.6 Å². The van der Waals surface area contributed by atoms with Crippen molar-refractivity contribution in [2.45, 2.75) is 88.5 Å². The molecule has 0 aliphatic heterocycles. The van der Waals surface area contributed by atoms with Crippen LogP contribution in [0.4, 0.5) is 5.69 Å². The van der Waals surface area contributed by atoms with Crippen LogP contribution in [0.5, 0.6) is 5.75 Å². The lowest BCUT2D eigenvalue weighted by Gasteiger charge is -2.25. The van der Waals surface area contributed by atoms with Gasteiger partial charge in [-0.15, -0.1) is 0 Å². The summed E-state index contributed by atoms with van der Waals surface area (Å²) in [6.45, 7) is 0.337. The summed E-state index contributed by atoms with van der Waals surface area (Å²) in [4.78, 5) is 105. The fraction of sp³-hybridized carbons (Fsp3) is 0.500. The molecule has 0 saturated heterocycles. The molecule has 58 heavy (non-hydrogen) atoms. The number of hydrogen-bond donors (Lipinski definition) is 11. The van der Waals surface area contributed by atoms with Crippen molar-refractivity contribution in [3.63, 3.8) is 0 Å². The van der Waals surface area contributed by atoms with Crippen LogP contribution >= 0.6 is 0 Å². The Morgan fingerprint density at radius 3 is 1.88 bits per heavy atom. The molecule has 0 spiro atoms. The zero-order valence-corrected chi connectivity index (χ0v) is 32.1. The average Bonchev–Trinajstić information content (AvgIpc) is 3.18. The Labute approximate surface area is 334 Å². The third kappa shape index (κ3) is 16.9. The summed E-state index contributed by atoms with van der Waals surface area (Å²) in [5.41, 5.74) is 16.6. The standard InChI is InChI=1S/C36H53N11O11/c1-21(49)42-28(20-48)36(56)45-25(9-3-5-13-38)33(53)41-19-31(51)43-26(16-23-7-6-14-40-18-23)34(54)46-27(15-22-10-11-30(50)29(17-22)47(57)58)35(55)44-24(32(39)52)8-2-4-12-37/h6-7,10-11,14,17-18,24-28,48,50H,2-5,8-9,12-13,15-16,19-20,37-38H2,1H3,(H2,39,52)(H,41,53)(H,42,49)(H,43,51)(H,44,55)(H,45,56)(H,46,54)/t24-,25-,26-,27-,28-/m0/s1. The molecule has 22 nitrogen and oxygen atoms in total. The molecule has 1 heterocycles. The minimum atomic E-state index is -1.50. The number of nitrogens with zero attached hydrogens (tertiary/aromatic N) is 2. The first kappa shape index (κ1) is 47.9. The van der Waals surface area contributed by atoms with Gasteiger partial charge < -0.3 is 59.3 Å². The van der Waals surface area contributed by atoms with Gasteiger partial charge in [-0.3, -0.25) is 48.7 Å². The van der Waals surface area contributed by atoms with Gasteiger partial charge in [-0.25, -0.2) is 0 Å². The van der Waals surface area contributed by atoms with Gasteiger partial charge in [-0.1, -0.05) is 12.1 Å². The highest BCUT2D eigenvalue weighted by Gasteiger charge is 2.31. The number of amides is 7. The second-order valence-corrected chi connectivity index (χ2v) is 13.3. The number of nitrogens with one attached hydrogen (secondary N) is 6. The van der Waals surface area contributed by atoms with Crippen LogP contribution in [-0.2, 0) is 46.4 Å². The molecule has 22 heteroatoms. The largest absolute Gasteiger partial charge is 0.502 e. The molecule has 0 fully saturated rings. The van der Waals surface area contributed by atoms with Crippen LogP contribution in [0.15, 0.2) is 42.7 Å². The van der Waals surface area contributed by atoms with E-state index in [1.165, 1.54) is 18.5 Å². The fourth-order valence-corrected chi connectivity index (χ4v) is 5.58. The molecule has 1 aromatic carbocycles. The number of aromatic hydroxyl groups is 1. The van der Waals surface area contributed by atoms with Gasteiger partial charge in [0, 0.05) is 38.2 Å². The lowest BCUT2D eigenvalue weighted by Crippen LogP contribution is -2.58. The number of phenols is 1. The van der Waals surface area contributed by atoms with E-state index in [1.54, 1.807) is 12.1 Å². The van der Waals surface area contributed by atoms with Gasteiger partial charge in [0.2, 0.25) is 41.4 Å². The molecule has 2 aromatic rings. The summed E-state index contributed by atoms with van der Waals surface area (Å²) in [5.74, 6) is -6.38. The highest BCUT2D eigenvalue weighted by atomic mass is 16.6. The SMILES string of the molecule is CC(=O)N[C@@H](CO)C(=O)N[C@@H](CCCCN)C(=O)NCC(=O)N[C@@H](Cc1cccnc1)C(=O)N[C@@H](Cc1ccc(O)c([N+](=O)[O-])c1)C(=O)N[C@@H](CCCCN)C(N)=O. The van der Waals surface area contributed by atoms with Crippen molar-refractivity contribution in [3.05, 3.63) is 64.0 Å². The smallest absolute Gasteiger partial charge is 0.310 e. The monoisotopic (exact) mass is 815 g/mol. The first-order valence-electron chi connectivity index (χ1n) is 18.5. The van der Waals surface area contributed by atoms with Crippen LogP contribution in [0.25, 0.3) is 0 Å². The minimum absolute atomic E-state index is 0.0952. The van der Waals surface area contributed by atoms with Crippen LogP contribution in [-0.4, -0.2) is 118 Å². The van der Waals surface area contributed by atoms with E-state index in [4.69, 9.17) is 17.2 Å². The van der Waals surface area contributed by atoms with E-state index in [1.807, 2.05) is 0 Å². The molecule has 14 N–H and O–H groups in total. The van der Waals surface area contributed by atoms with Gasteiger partial charge in [0.15, 0.2) is 5.75 Å². The minimum Gasteiger partial charge on any atom is -0.502 e. The second kappa shape index (κ2) is 25.1. The molecule has 0 saturated carbocycles. The summed E-state index contributed by atoms with van der Waals surface area (Å²) < 4.78 is 0. The summed E-state index contributed by atoms with van der Waals surface area (Å²) >= 11 is 0. The highest BCUT2D eigenvalue weighted by Crippen LogP contribution is 2.27. The maximum Gasteiger partial charge on any atom is 0.310 e. The van der Waals surface area contributed by atoms with E-state index < -0.39 is 101 Å². The molecule has 7 amide bonds. The lowest BCUT2D eigenvalue weighted by molar-refractivity contribution is -0.385. The fourth-order valence-electron chi connectivity index (χ4n) is 5.58. The van der Waals surface area contributed by atoms with Crippen molar-refractivity contribution in [2.24, 2.45) is 17.2 Å². The molecule has 0 aliphatic rings. The quantitative estimate of drug-likeness (QED) is 0.0253. The maximum absolute atomic E-state index is 14.0. The van der Waals surface area contributed by atoms with Crippen LogP contribution < -0.4 is 49.1 Å². The number of hydrogen-bond acceptors (Lipinski definition) is 14. The number of nitrogens with two attached hydrogens (primary N) is 3. The van der Waals surface area contributed by atoms with Gasteiger partial charge >= 0.3 is 5.69 Å². The maximum atomic E-state index is 14.0. The van der Waals surface area contributed by atoms with Crippen molar-refractivity contribution < 1.29 is 48.7 Å². The first-order valence-corrected chi connectivity index (χ1v) is 18.5. The molecular weight excluding hydrogens is 762 g/mol. The molecule has 0 radical (unpaired) electrons. The third-order valence-electron chi connectivity index (χ3n) is 8.61. The molecule has 5 atom stereocenters. The number of primary amides is 1. The summed E-state index contributed by atoms with van der Waals surface area (Å²) in [5, 5.41) is 45.7. The van der Waals surface area contributed by atoms with E-state index in [9.17, 15) is 53.9 Å². The van der Waals surface area contributed by atoms with Gasteiger partial charge in [0.25, 0.3) is 0 Å². The number of rotatable bonds is 26. The molecule has 0 unspecified atom stereocenters. The van der Waals surface area contributed by atoms with E-state index >= 15 is 0 Å². The van der Waals surface area contributed by atoms with Crippen molar-refractivity contribution >= 4 is 47.0 Å². The number of carbonyl (C=O) groups is 7. The molecule has 0 bridgehead atoms. The second-order valence-electron chi connectivity index (χ2n) is 13.3. The molecule has 1 aromatic heterocycles. The van der Waals surface area contributed by atoms with Gasteiger partial charge in [0.05, 0.1) is 18.1 Å². The van der Waals surface area contributed by atoms with Crippen molar-refractivity contribution in [1.82, 2.24) is 36.9 Å². The summed E-state index contributed by atoms with van der Waals surface area (Å²) in [6.07, 6.45) is 4.47. The Bertz CT molecular complexity index is 1730. The summed E-state index contributed by atoms with van der Waals surface area (Å²) in [7, 11) is 0. The van der Waals surface area contributed by atoms with Gasteiger partial charge in [0.1, 0.15) is 30.2 Å². The van der Waals surface area contributed by atoms with Gasteiger partial charge in [-0.2, -0.15) is 0 Å². The molecular formula is C36H53N11O11. The number of pyridine rings is 1. The zero-order valence-electron chi connectivity index (χ0n) is 32.1. The van der Waals surface area contributed by atoms with Crippen molar-refractivity contribution in [2.75, 3.05) is 26.2 Å². The Morgan fingerprint density at radius 2 is 1.33 bits per heavy atom. The Balaban J connectivity index is 2.35.